The van der Waals surface area contributed by atoms with Crippen molar-refractivity contribution in [2.24, 2.45) is 0 Å². The van der Waals surface area contributed by atoms with Crippen LogP contribution >= 0.6 is 0 Å². The summed E-state index contributed by atoms with van der Waals surface area (Å²) in [6.45, 7) is 0. The molecule has 0 spiro atoms. The Hall–Kier alpha value is -3.40. The van der Waals surface area contributed by atoms with Crippen LogP contribution in [-0.4, -0.2) is 20.7 Å². The summed E-state index contributed by atoms with van der Waals surface area (Å²) in [5.74, 6) is -0.187. The van der Waals surface area contributed by atoms with Crippen molar-refractivity contribution in [2.75, 3.05) is 11.5 Å². The van der Waals surface area contributed by atoms with E-state index in [1.54, 1.807) is 30.3 Å². The van der Waals surface area contributed by atoms with Crippen LogP contribution in [0.25, 0.3) is 11.0 Å². The Morgan fingerprint density at radius 2 is 1.95 bits per heavy atom. The summed E-state index contributed by atoms with van der Waals surface area (Å²) in [4.78, 5) is 16.4. The van der Waals surface area contributed by atoms with E-state index in [2.05, 4.69) is 10.1 Å². The van der Waals surface area contributed by atoms with Crippen LogP contribution in [0.3, 0.4) is 0 Å². The minimum Gasteiger partial charge on any atom is -0.383 e. The number of anilines is 2. The highest BCUT2D eigenvalue weighted by Crippen LogP contribution is 2.23. The highest BCUT2D eigenvalue weighted by atomic mass is 16.2. The molecule has 0 fully saturated rings. The highest BCUT2D eigenvalue weighted by Gasteiger charge is 2.18. The highest BCUT2D eigenvalue weighted by molar-refractivity contribution is 6.02. The number of nitriles is 1. The van der Waals surface area contributed by atoms with Crippen LogP contribution in [0, 0.1) is 11.3 Å². The third-order valence-corrected chi connectivity index (χ3v) is 3.06. The molecule has 0 aliphatic rings. The van der Waals surface area contributed by atoms with Crippen molar-refractivity contribution in [3.8, 4) is 6.07 Å². The number of aromatic nitrogens is 3. The summed E-state index contributed by atoms with van der Waals surface area (Å²) in [6, 6.07) is 12.0. The molecule has 7 heteroatoms. The lowest BCUT2D eigenvalue weighted by atomic mass is 10.2. The molecule has 21 heavy (non-hydrogen) atoms. The lowest BCUT2D eigenvalue weighted by Crippen LogP contribution is -2.15. The largest absolute Gasteiger partial charge is 0.383 e. The van der Waals surface area contributed by atoms with Crippen LogP contribution in [0.2, 0.25) is 0 Å². The van der Waals surface area contributed by atoms with E-state index in [0.29, 0.717) is 10.9 Å². The molecule has 7 nitrogen and oxygen atoms in total. The van der Waals surface area contributed by atoms with Crippen LogP contribution in [0.1, 0.15) is 15.9 Å². The monoisotopic (exact) mass is 278 g/mol. The van der Waals surface area contributed by atoms with Gasteiger partial charge in [-0.3, -0.25) is 4.79 Å². The van der Waals surface area contributed by atoms with Crippen molar-refractivity contribution < 1.29 is 4.79 Å². The molecular formula is C14H10N6O. The molecule has 2 aromatic heterocycles. The fourth-order valence-electron chi connectivity index (χ4n) is 1.99. The first kappa shape index (κ1) is 12.6. The van der Waals surface area contributed by atoms with Gasteiger partial charge in [-0.15, -0.1) is 5.10 Å². The lowest BCUT2D eigenvalue weighted by Gasteiger charge is -2.01. The fraction of sp³-hybridized carbons (Fsp3) is 0. The summed E-state index contributed by atoms with van der Waals surface area (Å²) in [7, 11) is 0. The van der Waals surface area contributed by atoms with Crippen molar-refractivity contribution in [3.63, 3.8) is 0 Å². The number of carbonyl (C=O) groups excluding carboxylic acids is 1. The number of carbonyl (C=O) groups is 1. The fourth-order valence-corrected chi connectivity index (χ4v) is 1.99. The molecule has 0 bridgehead atoms. The van der Waals surface area contributed by atoms with Crippen molar-refractivity contribution in [1.82, 2.24) is 14.8 Å². The minimum atomic E-state index is -0.372. The molecule has 102 valence electrons. The van der Waals surface area contributed by atoms with Crippen LogP contribution < -0.4 is 11.5 Å². The van der Waals surface area contributed by atoms with E-state index in [4.69, 9.17) is 16.7 Å². The van der Waals surface area contributed by atoms with E-state index in [9.17, 15) is 4.79 Å². The Bertz CT molecular complexity index is 891. The van der Waals surface area contributed by atoms with Crippen molar-refractivity contribution in [1.29, 1.82) is 5.26 Å². The van der Waals surface area contributed by atoms with E-state index in [1.165, 1.54) is 6.07 Å². The molecule has 2 heterocycles. The summed E-state index contributed by atoms with van der Waals surface area (Å²) in [5.41, 5.74) is 12.5. The average Bonchev–Trinajstić information content (AvgIpc) is 2.82. The molecule has 3 rings (SSSR count). The number of hydrogen-bond acceptors (Lipinski definition) is 6. The Labute approximate surface area is 119 Å². The number of rotatable bonds is 1. The van der Waals surface area contributed by atoms with E-state index in [1.807, 2.05) is 6.07 Å². The molecule has 3 aromatic rings. The van der Waals surface area contributed by atoms with E-state index in [-0.39, 0.29) is 28.8 Å². The maximum absolute atomic E-state index is 12.4. The van der Waals surface area contributed by atoms with Gasteiger partial charge >= 0.3 is 0 Å². The molecular weight excluding hydrogens is 268 g/mol. The summed E-state index contributed by atoms with van der Waals surface area (Å²) in [6.07, 6.45) is 0. The minimum absolute atomic E-state index is 0.0572. The molecule has 0 saturated heterocycles. The molecule has 0 atom stereocenters. The molecule has 1 aromatic carbocycles. The molecule has 0 radical (unpaired) electrons. The first-order chi connectivity index (χ1) is 10.1. The Morgan fingerprint density at radius 1 is 1.24 bits per heavy atom. The number of nitrogens with zero attached hydrogens (tertiary/aromatic N) is 4. The number of benzene rings is 1. The smallest absolute Gasteiger partial charge is 0.280 e. The van der Waals surface area contributed by atoms with Crippen molar-refractivity contribution >= 4 is 28.6 Å². The SMILES string of the molecule is N#Cc1cc2c(N)n(C(=O)c3ccccc3)nc2nc1N. The van der Waals surface area contributed by atoms with Gasteiger partial charge in [-0.05, 0) is 18.2 Å². The first-order valence-electron chi connectivity index (χ1n) is 6.06. The number of pyridine rings is 1. The van der Waals surface area contributed by atoms with Gasteiger partial charge in [0.1, 0.15) is 17.7 Å². The topological polar surface area (TPSA) is 124 Å². The van der Waals surface area contributed by atoms with Crippen LogP contribution in [0.15, 0.2) is 36.4 Å². The van der Waals surface area contributed by atoms with Gasteiger partial charge in [-0.25, -0.2) is 4.98 Å². The Kier molecular flexibility index (Phi) is 2.77. The van der Waals surface area contributed by atoms with Crippen molar-refractivity contribution in [2.45, 2.75) is 0 Å². The van der Waals surface area contributed by atoms with Gasteiger partial charge in [-0.1, -0.05) is 18.2 Å². The molecule has 0 amide bonds. The van der Waals surface area contributed by atoms with Crippen LogP contribution in [0.4, 0.5) is 11.6 Å². The zero-order valence-corrected chi connectivity index (χ0v) is 10.8. The second-order valence-corrected chi connectivity index (χ2v) is 4.37. The zero-order valence-electron chi connectivity index (χ0n) is 10.8. The standard InChI is InChI=1S/C14H10N6O/c15-7-9-6-10-12(17)20(19-13(10)18-11(9)16)14(21)8-4-2-1-3-5-8/h1-6H,17H2,(H2,16,18,19). The summed E-state index contributed by atoms with van der Waals surface area (Å²) in [5, 5.41) is 13.4. The third-order valence-electron chi connectivity index (χ3n) is 3.06. The van der Waals surface area contributed by atoms with Gasteiger partial charge in [0.05, 0.1) is 10.9 Å². The molecule has 0 aliphatic heterocycles. The van der Waals surface area contributed by atoms with Gasteiger partial charge in [0.2, 0.25) is 0 Å². The van der Waals surface area contributed by atoms with Gasteiger partial charge in [0, 0.05) is 5.56 Å². The predicted octanol–water partition coefficient (Wildman–Crippen LogP) is 1.16. The summed E-state index contributed by atoms with van der Waals surface area (Å²) < 4.78 is 1.06. The maximum atomic E-state index is 12.4. The van der Waals surface area contributed by atoms with Gasteiger partial charge < -0.3 is 11.5 Å². The van der Waals surface area contributed by atoms with Gasteiger partial charge in [0.15, 0.2) is 5.65 Å². The molecule has 0 saturated carbocycles. The number of nitrogen functional groups attached to an aromatic ring is 2. The zero-order chi connectivity index (χ0) is 15.0. The first-order valence-corrected chi connectivity index (χ1v) is 6.06. The van der Waals surface area contributed by atoms with Gasteiger partial charge in [-0.2, -0.15) is 9.94 Å². The van der Waals surface area contributed by atoms with Crippen LogP contribution in [-0.2, 0) is 0 Å². The van der Waals surface area contributed by atoms with E-state index >= 15 is 0 Å². The lowest BCUT2D eigenvalue weighted by molar-refractivity contribution is 0.0948. The molecule has 0 unspecified atom stereocenters. The van der Waals surface area contributed by atoms with Crippen molar-refractivity contribution in [3.05, 3.63) is 47.5 Å². The van der Waals surface area contributed by atoms with E-state index < -0.39 is 0 Å². The second kappa shape index (κ2) is 4.61. The van der Waals surface area contributed by atoms with Gasteiger partial charge in [0.25, 0.3) is 5.91 Å². The maximum Gasteiger partial charge on any atom is 0.280 e. The second-order valence-electron chi connectivity index (χ2n) is 4.37. The normalized spacial score (nSPS) is 10.4. The molecule has 0 aliphatic carbocycles. The van der Waals surface area contributed by atoms with Crippen LogP contribution in [0.5, 0.6) is 0 Å². The predicted molar refractivity (Wildman–Crippen MR) is 77.2 cm³/mol. The number of nitrogens with two attached hydrogens (primary N) is 2. The average molecular weight is 278 g/mol. The van der Waals surface area contributed by atoms with E-state index in [0.717, 1.165) is 4.68 Å². The third kappa shape index (κ3) is 1.95. The number of fused-ring (bicyclic) bond motifs is 1. The Morgan fingerprint density at radius 3 is 2.62 bits per heavy atom. The Balaban J connectivity index is 2.19. The molecule has 4 N–H and O–H groups in total. The number of hydrogen-bond donors (Lipinski definition) is 2. The quantitative estimate of drug-likeness (QED) is 0.688. The summed E-state index contributed by atoms with van der Waals surface area (Å²) >= 11 is 0.